The van der Waals surface area contributed by atoms with Crippen molar-refractivity contribution in [2.45, 2.75) is 0 Å². The first-order valence-corrected chi connectivity index (χ1v) is 16.3. The second kappa shape index (κ2) is 10.9. The van der Waals surface area contributed by atoms with Gasteiger partial charge in [0, 0.05) is 28.9 Å². The third-order valence-corrected chi connectivity index (χ3v) is 12.4. The zero-order valence-corrected chi connectivity index (χ0v) is 24.1. The van der Waals surface area contributed by atoms with E-state index in [9.17, 15) is 0 Å². The van der Waals surface area contributed by atoms with Crippen LogP contribution in [-0.2, 0) is 7.05 Å². The van der Waals surface area contributed by atoms with E-state index in [-0.39, 0.29) is 0 Å². The number of fused-ring (bicyclic) bond motifs is 3. The zero-order chi connectivity index (χ0) is 26.9. The van der Waals surface area contributed by atoms with Gasteiger partial charge in [0.05, 0.1) is 0 Å². The smallest absolute Gasteiger partial charge is 0.0489 e. The number of benzene rings is 6. The standard InChI is InChI=1S/C37H29NP2/c1-38-36-24-22-32(39(28-14-6-2-7-15-28)29-16-8-3-9-17-29)26-34(36)35-27-33(23-25-37(35)38)40(30-18-10-4-11-19-30)31-20-12-5-13-21-31/h2-27H,1H3. The van der Waals surface area contributed by atoms with Crippen molar-refractivity contribution in [1.29, 1.82) is 0 Å². The fraction of sp³-hybridized carbons (Fsp3) is 0.0270. The minimum Gasteiger partial charge on any atom is -0.344 e. The SMILES string of the molecule is Cn1c2ccc(P(c3ccccc3)c3ccccc3)cc2c2cc(P(c3ccccc3)c3ccccc3)ccc21. The van der Waals surface area contributed by atoms with Crippen molar-refractivity contribution >= 4 is 69.5 Å². The lowest BCUT2D eigenvalue weighted by Crippen LogP contribution is -2.20. The minimum absolute atomic E-state index is 0.663. The Kier molecular flexibility index (Phi) is 6.78. The molecule has 0 saturated carbocycles. The van der Waals surface area contributed by atoms with Crippen LogP contribution >= 0.6 is 15.8 Å². The molecule has 7 aromatic rings. The Morgan fingerprint density at radius 2 is 0.650 bits per heavy atom. The van der Waals surface area contributed by atoms with Crippen LogP contribution in [0.5, 0.6) is 0 Å². The zero-order valence-electron chi connectivity index (χ0n) is 22.4. The Bertz CT molecular complexity index is 1680. The van der Waals surface area contributed by atoms with Gasteiger partial charge in [0.2, 0.25) is 0 Å². The summed E-state index contributed by atoms with van der Waals surface area (Å²) in [6.07, 6.45) is 0. The Hall–Kier alpha value is -4.02. The molecule has 0 unspecified atom stereocenters. The van der Waals surface area contributed by atoms with Crippen molar-refractivity contribution in [2.75, 3.05) is 0 Å². The summed E-state index contributed by atoms with van der Waals surface area (Å²) in [5.41, 5.74) is 2.55. The van der Waals surface area contributed by atoms with E-state index in [1.54, 1.807) is 0 Å². The molecule has 7 rings (SSSR count). The molecule has 192 valence electrons. The van der Waals surface area contributed by atoms with E-state index >= 15 is 0 Å². The number of hydrogen-bond donors (Lipinski definition) is 0. The van der Waals surface area contributed by atoms with Crippen molar-refractivity contribution in [3.05, 3.63) is 158 Å². The number of hydrogen-bond acceptors (Lipinski definition) is 0. The number of aryl methyl sites for hydroxylation is 1. The third kappa shape index (κ3) is 4.56. The highest BCUT2D eigenvalue weighted by atomic mass is 31.1. The lowest BCUT2D eigenvalue weighted by atomic mass is 10.1. The Morgan fingerprint density at radius 3 is 0.950 bits per heavy atom. The van der Waals surface area contributed by atoms with Crippen molar-refractivity contribution < 1.29 is 0 Å². The number of rotatable bonds is 6. The molecular weight excluding hydrogens is 520 g/mol. The molecule has 6 aromatic carbocycles. The highest BCUT2D eigenvalue weighted by Crippen LogP contribution is 2.38. The Balaban J connectivity index is 1.43. The quantitative estimate of drug-likeness (QED) is 0.200. The van der Waals surface area contributed by atoms with Gasteiger partial charge >= 0.3 is 0 Å². The van der Waals surface area contributed by atoms with Gasteiger partial charge in [0.1, 0.15) is 0 Å². The van der Waals surface area contributed by atoms with Crippen LogP contribution < -0.4 is 31.8 Å². The third-order valence-electron chi connectivity index (χ3n) is 7.55. The van der Waals surface area contributed by atoms with Crippen molar-refractivity contribution in [3.8, 4) is 0 Å². The molecule has 0 atom stereocenters. The highest BCUT2D eigenvalue weighted by Gasteiger charge is 2.21. The summed E-state index contributed by atoms with van der Waals surface area (Å²) >= 11 is 0. The van der Waals surface area contributed by atoms with Gasteiger partial charge in [-0.3, -0.25) is 0 Å². The molecule has 1 heterocycles. The summed E-state index contributed by atoms with van der Waals surface area (Å²) in [4.78, 5) is 0. The molecule has 0 fully saturated rings. The van der Waals surface area contributed by atoms with E-state index in [0.717, 1.165) is 0 Å². The monoisotopic (exact) mass is 549 g/mol. The van der Waals surface area contributed by atoms with Gasteiger partial charge in [0.25, 0.3) is 0 Å². The first kappa shape index (κ1) is 25.0. The van der Waals surface area contributed by atoms with Gasteiger partial charge in [-0.05, 0) is 71.9 Å². The fourth-order valence-electron chi connectivity index (χ4n) is 5.68. The summed E-state index contributed by atoms with van der Waals surface area (Å²) < 4.78 is 2.35. The van der Waals surface area contributed by atoms with Crippen molar-refractivity contribution in [1.82, 2.24) is 4.57 Å². The maximum absolute atomic E-state index is 2.46. The summed E-state index contributed by atoms with van der Waals surface area (Å²) in [5, 5.41) is 10.9. The summed E-state index contributed by atoms with van der Waals surface area (Å²) in [5.74, 6) is 0. The second-order valence-corrected chi connectivity index (χ2v) is 14.4. The first-order valence-electron chi connectivity index (χ1n) is 13.6. The molecule has 0 N–H and O–H groups in total. The largest absolute Gasteiger partial charge is 0.344 e. The molecule has 0 aliphatic carbocycles. The Morgan fingerprint density at radius 1 is 0.350 bits per heavy atom. The van der Waals surface area contributed by atoms with Gasteiger partial charge in [-0.15, -0.1) is 0 Å². The average molecular weight is 550 g/mol. The predicted octanol–water partition coefficient (Wildman–Crippen LogP) is 6.85. The van der Waals surface area contributed by atoms with Crippen LogP contribution in [0.2, 0.25) is 0 Å². The summed E-state index contributed by atoms with van der Waals surface area (Å²) in [6.45, 7) is 0. The molecular formula is C37H29NP2. The minimum atomic E-state index is -0.663. The maximum Gasteiger partial charge on any atom is 0.0489 e. The second-order valence-electron chi connectivity index (χ2n) is 9.97. The molecule has 1 nitrogen and oxygen atoms in total. The summed E-state index contributed by atoms with van der Waals surface area (Å²) in [6, 6.07) is 58.1. The van der Waals surface area contributed by atoms with E-state index in [2.05, 4.69) is 169 Å². The molecule has 0 aliphatic rings. The van der Waals surface area contributed by atoms with Crippen LogP contribution in [0.3, 0.4) is 0 Å². The van der Waals surface area contributed by atoms with Crippen LogP contribution in [0.15, 0.2) is 158 Å². The number of nitrogens with zero attached hydrogens (tertiary/aromatic N) is 1. The normalized spacial score (nSPS) is 11.6. The van der Waals surface area contributed by atoms with Crippen LogP contribution in [0.25, 0.3) is 21.8 Å². The van der Waals surface area contributed by atoms with Gasteiger partial charge in [-0.25, -0.2) is 0 Å². The van der Waals surface area contributed by atoms with Gasteiger partial charge < -0.3 is 4.57 Å². The van der Waals surface area contributed by atoms with Crippen LogP contribution in [0.1, 0.15) is 0 Å². The van der Waals surface area contributed by atoms with Crippen molar-refractivity contribution in [3.63, 3.8) is 0 Å². The molecule has 0 saturated heterocycles. The lowest BCUT2D eigenvalue weighted by Gasteiger charge is -2.20. The topological polar surface area (TPSA) is 4.93 Å². The van der Waals surface area contributed by atoms with E-state index < -0.39 is 15.8 Å². The molecule has 0 aliphatic heterocycles. The molecule has 1 aromatic heterocycles. The van der Waals surface area contributed by atoms with Crippen LogP contribution in [0, 0.1) is 0 Å². The molecule has 0 bridgehead atoms. The molecule has 40 heavy (non-hydrogen) atoms. The molecule has 0 spiro atoms. The van der Waals surface area contributed by atoms with Crippen LogP contribution in [-0.4, -0.2) is 4.57 Å². The van der Waals surface area contributed by atoms with Crippen molar-refractivity contribution in [2.24, 2.45) is 7.05 Å². The number of aromatic nitrogens is 1. The maximum atomic E-state index is 2.46. The molecule has 0 radical (unpaired) electrons. The summed E-state index contributed by atoms with van der Waals surface area (Å²) in [7, 11) is 0.867. The molecule has 0 amide bonds. The van der Waals surface area contributed by atoms with E-state index in [4.69, 9.17) is 0 Å². The van der Waals surface area contributed by atoms with E-state index in [0.29, 0.717) is 0 Å². The average Bonchev–Trinajstić information content (AvgIpc) is 3.30. The van der Waals surface area contributed by atoms with E-state index in [1.165, 1.54) is 53.6 Å². The fourth-order valence-corrected chi connectivity index (χ4v) is 10.3. The van der Waals surface area contributed by atoms with Crippen LogP contribution in [0.4, 0.5) is 0 Å². The Labute approximate surface area is 238 Å². The van der Waals surface area contributed by atoms with Gasteiger partial charge in [-0.2, -0.15) is 0 Å². The lowest BCUT2D eigenvalue weighted by molar-refractivity contribution is 1.01. The van der Waals surface area contributed by atoms with Gasteiger partial charge in [-0.1, -0.05) is 133 Å². The highest BCUT2D eigenvalue weighted by molar-refractivity contribution is 7.80. The van der Waals surface area contributed by atoms with E-state index in [1.807, 2.05) is 0 Å². The first-order chi connectivity index (χ1) is 19.8. The van der Waals surface area contributed by atoms with Gasteiger partial charge in [0.15, 0.2) is 0 Å². The predicted molar refractivity (Wildman–Crippen MR) is 178 cm³/mol. The molecule has 3 heteroatoms.